The Hall–Kier alpha value is -1.63. The number of aryl methyl sites for hydroxylation is 1. The van der Waals surface area contributed by atoms with Gasteiger partial charge in [-0.15, -0.1) is 0 Å². The Labute approximate surface area is 83.2 Å². The Kier molecular flexibility index (Phi) is 3.03. The first kappa shape index (κ1) is 10.5. The summed E-state index contributed by atoms with van der Waals surface area (Å²) in [7, 11) is 1.79. The zero-order valence-electron chi connectivity index (χ0n) is 8.56. The number of nitriles is 1. The number of hydrogen-bond acceptors (Lipinski definition) is 3. The number of ketones is 1. The predicted molar refractivity (Wildman–Crippen MR) is 51.5 cm³/mol. The largest absolute Gasteiger partial charge is 0.340 e. The first-order chi connectivity index (χ1) is 6.56. The van der Waals surface area contributed by atoms with E-state index in [4.69, 9.17) is 5.26 Å². The molecule has 4 heteroatoms. The van der Waals surface area contributed by atoms with Gasteiger partial charge in [-0.2, -0.15) is 5.26 Å². The fourth-order valence-corrected chi connectivity index (χ4v) is 1.21. The van der Waals surface area contributed by atoms with E-state index in [1.165, 1.54) is 0 Å². The van der Waals surface area contributed by atoms with Crippen molar-refractivity contribution in [2.24, 2.45) is 18.9 Å². The molecule has 74 valence electrons. The molecule has 0 spiro atoms. The summed E-state index contributed by atoms with van der Waals surface area (Å²) >= 11 is 0. The van der Waals surface area contributed by atoms with Crippen LogP contribution in [0.3, 0.4) is 0 Å². The normalized spacial score (nSPS) is 12.5. The Morgan fingerprint density at radius 2 is 2.29 bits per heavy atom. The molecule has 0 N–H and O–H groups in total. The summed E-state index contributed by atoms with van der Waals surface area (Å²) in [6, 6.07) is 2.01. The fraction of sp³-hybridized carbons (Fsp3) is 0.500. The molecule has 0 aromatic carbocycles. The van der Waals surface area contributed by atoms with Crippen LogP contribution in [0, 0.1) is 23.2 Å². The molecule has 1 aromatic rings. The van der Waals surface area contributed by atoms with Gasteiger partial charge in [-0.1, -0.05) is 13.8 Å². The van der Waals surface area contributed by atoms with Gasteiger partial charge < -0.3 is 4.57 Å². The van der Waals surface area contributed by atoms with Crippen LogP contribution in [0.2, 0.25) is 0 Å². The summed E-state index contributed by atoms with van der Waals surface area (Å²) in [6.07, 6.45) is 3.19. The lowest BCUT2D eigenvalue weighted by Gasteiger charge is -2.09. The summed E-state index contributed by atoms with van der Waals surface area (Å²) in [5.74, 6) is -0.762. The van der Waals surface area contributed by atoms with E-state index in [2.05, 4.69) is 4.98 Å². The zero-order chi connectivity index (χ0) is 10.7. The molecule has 1 rings (SSSR count). The molecule has 0 saturated carbocycles. The minimum absolute atomic E-state index is 0.0227. The lowest BCUT2D eigenvalue weighted by molar-refractivity contribution is 0.0919. The number of hydrogen-bond donors (Lipinski definition) is 0. The van der Waals surface area contributed by atoms with Gasteiger partial charge in [0.1, 0.15) is 11.6 Å². The highest BCUT2D eigenvalue weighted by atomic mass is 16.1. The van der Waals surface area contributed by atoms with E-state index in [0.29, 0.717) is 5.69 Å². The van der Waals surface area contributed by atoms with Crippen molar-refractivity contribution in [2.75, 3.05) is 0 Å². The van der Waals surface area contributed by atoms with Gasteiger partial charge >= 0.3 is 0 Å². The Bertz CT molecular complexity index is 373. The monoisotopic (exact) mass is 191 g/mol. The summed E-state index contributed by atoms with van der Waals surface area (Å²) < 4.78 is 1.70. The van der Waals surface area contributed by atoms with E-state index in [1.807, 2.05) is 19.9 Å². The molecule has 0 amide bonds. The molecular formula is C10H13N3O. The van der Waals surface area contributed by atoms with Crippen LogP contribution in [0.25, 0.3) is 0 Å². The van der Waals surface area contributed by atoms with Gasteiger partial charge in [-0.25, -0.2) is 4.98 Å². The number of imidazole rings is 1. The van der Waals surface area contributed by atoms with Gasteiger partial charge in [0.05, 0.1) is 12.4 Å². The number of aromatic nitrogens is 2. The van der Waals surface area contributed by atoms with Crippen molar-refractivity contribution in [3.8, 4) is 6.07 Å². The van der Waals surface area contributed by atoms with E-state index in [1.54, 1.807) is 24.1 Å². The van der Waals surface area contributed by atoms with E-state index < -0.39 is 5.92 Å². The number of rotatable bonds is 3. The van der Waals surface area contributed by atoms with E-state index in [-0.39, 0.29) is 11.7 Å². The molecule has 0 radical (unpaired) electrons. The molecule has 14 heavy (non-hydrogen) atoms. The average Bonchev–Trinajstić information content (AvgIpc) is 2.52. The van der Waals surface area contributed by atoms with Crippen LogP contribution in [0.4, 0.5) is 0 Å². The summed E-state index contributed by atoms with van der Waals surface area (Å²) in [5, 5.41) is 8.83. The van der Waals surface area contributed by atoms with Crippen molar-refractivity contribution >= 4 is 5.78 Å². The molecule has 0 aliphatic heterocycles. The third-order valence-corrected chi connectivity index (χ3v) is 2.05. The molecule has 0 fully saturated rings. The van der Waals surface area contributed by atoms with Crippen molar-refractivity contribution in [3.63, 3.8) is 0 Å². The number of carbonyl (C=O) groups is 1. The highest BCUT2D eigenvalue weighted by molar-refractivity contribution is 5.97. The quantitative estimate of drug-likeness (QED) is 0.678. The minimum atomic E-state index is -0.593. The van der Waals surface area contributed by atoms with Gasteiger partial charge in [0.15, 0.2) is 5.78 Å². The third-order valence-electron chi connectivity index (χ3n) is 2.05. The predicted octanol–water partition coefficient (Wildman–Crippen LogP) is 1.40. The third kappa shape index (κ3) is 1.99. The SMILES string of the molecule is CC(C)C(C#N)C(=O)c1cn(C)cn1. The number of Topliss-reactive ketones (excluding diaryl/α,β-unsaturated/α-hetero) is 1. The molecular weight excluding hydrogens is 178 g/mol. The summed E-state index contributed by atoms with van der Waals surface area (Å²) in [6.45, 7) is 3.71. The number of nitrogens with zero attached hydrogens (tertiary/aromatic N) is 3. The van der Waals surface area contributed by atoms with Crippen molar-refractivity contribution in [3.05, 3.63) is 18.2 Å². The van der Waals surface area contributed by atoms with Crippen LogP contribution in [0.1, 0.15) is 24.3 Å². The van der Waals surface area contributed by atoms with Gasteiger partial charge in [0.25, 0.3) is 0 Å². The molecule has 0 aliphatic carbocycles. The van der Waals surface area contributed by atoms with Gasteiger partial charge in [-0.3, -0.25) is 4.79 Å². The highest BCUT2D eigenvalue weighted by Gasteiger charge is 2.24. The summed E-state index contributed by atoms with van der Waals surface area (Å²) in [5.41, 5.74) is 0.368. The standard InChI is InChI=1S/C10H13N3O/c1-7(2)8(4-11)10(14)9-5-13(3)6-12-9/h5-8H,1-3H3. The van der Waals surface area contributed by atoms with Crippen LogP contribution in [0.5, 0.6) is 0 Å². The van der Waals surface area contributed by atoms with Crippen molar-refractivity contribution in [1.29, 1.82) is 5.26 Å². The van der Waals surface area contributed by atoms with E-state index >= 15 is 0 Å². The first-order valence-electron chi connectivity index (χ1n) is 4.48. The van der Waals surface area contributed by atoms with Crippen LogP contribution in [0.15, 0.2) is 12.5 Å². The van der Waals surface area contributed by atoms with Crippen LogP contribution < -0.4 is 0 Å². The van der Waals surface area contributed by atoms with E-state index in [9.17, 15) is 4.79 Å². The lowest BCUT2D eigenvalue weighted by Crippen LogP contribution is -2.18. The van der Waals surface area contributed by atoms with Crippen molar-refractivity contribution in [2.45, 2.75) is 13.8 Å². The van der Waals surface area contributed by atoms with Crippen molar-refractivity contribution in [1.82, 2.24) is 9.55 Å². The second-order valence-corrected chi connectivity index (χ2v) is 3.64. The van der Waals surface area contributed by atoms with Crippen LogP contribution in [-0.2, 0) is 7.05 Å². The minimum Gasteiger partial charge on any atom is -0.340 e. The first-order valence-corrected chi connectivity index (χ1v) is 4.48. The molecule has 4 nitrogen and oxygen atoms in total. The Morgan fingerprint density at radius 3 is 2.64 bits per heavy atom. The second kappa shape index (κ2) is 4.05. The summed E-state index contributed by atoms with van der Waals surface area (Å²) in [4.78, 5) is 15.7. The number of carbonyl (C=O) groups excluding carboxylic acids is 1. The van der Waals surface area contributed by atoms with Gasteiger partial charge in [0.2, 0.25) is 0 Å². The molecule has 1 unspecified atom stereocenters. The van der Waals surface area contributed by atoms with Gasteiger partial charge in [-0.05, 0) is 5.92 Å². The second-order valence-electron chi connectivity index (χ2n) is 3.64. The topological polar surface area (TPSA) is 58.7 Å². The Morgan fingerprint density at radius 1 is 1.64 bits per heavy atom. The maximum Gasteiger partial charge on any atom is 0.200 e. The highest BCUT2D eigenvalue weighted by Crippen LogP contribution is 2.15. The molecule has 0 aliphatic rings. The smallest absolute Gasteiger partial charge is 0.200 e. The van der Waals surface area contributed by atoms with Crippen LogP contribution in [-0.4, -0.2) is 15.3 Å². The average molecular weight is 191 g/mol. The zero-order valence-corrected chi connectivity index (χ0v) is 8.56. The molecule has 1 heterocycles. The lowest BCUT2D eigenvalue weighted by atomic mass is 9.92. The molecule has 0 saturated heterocycles. The van der Waals surface area contributed by atoms with Gasteiger partial charge in [0, 0.05) is 13.2 Å². The molecule has 1 atom stereocenters. The van der Waals surface area contributed by atoms with E-state index in [0.717, 1.165) is 0 Å². The maximum absolute atomic E-state index is 11.7. The molecule has 0 bridgehead atoms. The van der Waals surface area contributed by atoms with Crippen LogP contribution >= 0.6 is 0 Å². The fourth-order valence-electron chi connectivity index (χ4n) is 1.21. The Balaban J connectivity index is 2.90. The van der Waals surface area contributed by atoms with Crippen molar-refractivity contribution < 1.29 is 4.79 Å². The maximum atomic E-state index is 11.7. The molecule has 1 aromatic heterocycles.